The summed E-state index contributed by atoms with van der Waals surface area (Å²) in [4.78, 5) is 12.2. The van der Waals surface area contributed by atoms with Crippen molar-refractivity contribution in [1.82, 2.24) is 29.7 Å². The van der Waals surface area contributed by atoms with E-state index in [2.05, 4.69) is 35.2 Å². The Balaban J connectivity index is 1.82. The molecule has 0 saturated carbocycles. The number of benzene rings is 1. The molecule has 194 valence electrons. The third-order valence-electron chi connectivity index (χ3n) is 5.43. The van der Waals surface area contributed by atoms with Crippen LogP contribution in [0.15, 0.2) is 48.8 Å². The summed E-state index contributed by atoms with van der Waals surface area (Å²) in [5.74, 6) is 1.06. The van der Waals surface area contributed by atoms with Crippen molar-refractivity contribution in [2.24, 2.45) is 0 Å². The molecule has 1 aromatic carbocycles. The third kappa shape index (κ3) is 5.43. The van der Waals surface area contributed by atoms with E-state index >= 15 is 0 Å². The van der Waals surface area contributed by atoms with E-state index in [0.29, 0.717) is 28.7 Å². The van der Waals surface area contributed by atoms with Gasteiger partial charge >= 0.3 is 0 Å². The molecular formula is C23H25FN8O4S. The fourth-order valence-electron chi connectivity index (χ4n) is 3.52. The second kappa shape index (κ2) is 10.7. The molecule has 0 aliphatic carbocycles. The first-order chi connectivity index (χ1) is 17.8. The molecule has 0 spiro atoms. The fourth-order valence-corrected chi connectivity index (χ4v) is 4.47. The van der Waals surface area contributed by atoms with Gasteiger partial charge in [-0.25, -0.2) is 27.8 Å². The number of hydrogen-bond donors (Lipinski definition) is 2. The minimum Gasteiger partial charge on any atom is -0.494 e. The number of methoxy groups -OCH3 is 2. The van der Waals surface area contributed by atoms with Crippen LogP contribution in [0.5, 0.6) is 11.5 Å². The molecule has 0 amide bonds. The van der Waals surface area contributed by atoms with Gasteiger partial charge in [-0.15, -0.1) is 10.2 Å². The molecular weight excluding hydrogens is 503 g/mol. The van der Waals surface area contributed by atoms with Gasteiger partial charge in [0.2, 0.25) is 16.0 Å². The monoisotopic (exact) mass is 528 g/mol. The van der Waals surface area contributed by atoms with E-state index in [1.165, 1.54) is 25.7 Å². The first kappa shape index (κ1) is 25.8. The van der Waals surface area contributed by atoms with Crippen LogP contribution in [-0.2, 0) is 16.4 Å². The summed E-state index contributed by atoms with van der Waals surface area (Å²) in [7, 11) is 0.659. The van der Waals surface area contributed by atoms with Crippen LogP contribution in [0.3, 0.4) is 0 Å². The number of hydrogen-bond acceptors (Lipinski definition) is 10. The summed E-state index contributed by atoms with van der Waals surface area (Å²) in [6.45, 7) is 1.48. The van der Waals surface area contributed by atoms with Gasteiger partial charge in [-0.05, 0) is 31.2 Å². The number of nitrogens with one attached hydrogen (secondary N) is 2. The van der Waals surface area contributed by atoms with Crippen molar-refractivity contribution in [3.8, 4) is 28.7 Å². The van der Waals surface area contributed by atoms with Crippen molar-refractivity contribution in [1.29, 1.82) is 0 Å². The number of sulfonamides is 1. The van der Waals surface area contributed by atoms with Gasteiger partial charge in [0.25, 0.3) is 0 Å². The summed E-state index contributed by atoms with van der Waals surface area (Å²) in [6, 6.07) is 10.4. The average molecular weight is 529 g/mol. The standard InChI is InChI=1S/C23H25FN8O4S/c1-14(11-20-26-12-15(24)13-27-20)37(33,34)31-23-30-29-22(16-7-5-10-19(25-2)28-16)32(23)21-17(35-3)8-6-9-18(21)36-4/h5-10,12-14H,11H2,1-4H3,(H,25,28)(H,30,31). The highest BCUT2D eigenvalue weighted by molar-refractivity contribution is 7.93. The second-order valence-electron chi connectivity index (χ2n) is 7.83. The molecule has 4 aromatic rings. The van der Waals surface area contributed by atoms with Crippen molar-refractivity contribution in [2.75, 3.05) is 31.3 Å². The Morgan fingerprint density at radius 1 is 1.03 bits per heavy atom. The molecule has 3 heterocycles. The zero-order valence-electron chi connectivity index (χ0n) is 20.5. The summed E-state index contributed by atoms with van der Waals surface area (Å²) in [5, 5.41) is 10.4. The van der Waals surface area contributed by atoms with E-state index in [1.807, 2.05) is 0 Å². The third-order valence-corrected chi connectivity index (χ3v) is 7.12. The maximum atomic E-state index is 13.3. The van der Waals surface area contributed by atoms with Crippen LogP contribution in [0.25, 0.3) is 17.2 Å². The van der Waals surface area contributed by atoms with Gasteiger partial charge in [0.15, 0.2) is 11.6 Å². The maximum absolute atomic E-state index is 13.3. The fraction of sp³-hybridized carbons (Fsp3) is 0.261. The van der Waals surface area contributed by atoms with Crippen molar-refractivity contribution < 1.29 is 22.3 Å². The summed E-state index contributed by atoms with van der Waals surface area (Å²) in [5.41, 5.74) is 0.793. The van der Waals surface area contributed by atoms with Crippen molar-refractivity contribution in [3.63, 3.8) is 0 Å². The Morgan fingerprint density at radius 2 is 1.68 bits per heavy atom. The van der Waals surface area contributed by atoms with Gasteiger partial charge in [0, 0.05) is 13.5 Å². The lowest BCUT2D eigenvalue weighted by Crippen LogP contribution is -2.29. The molecule has 1 atom stereocenters. The first-order valence-corrected chi connectivity index (χ1v) is 12.6. The van der Waals surface area contributed by atoms with Gasteiger partial charge in [-0.3, -0.25) is 9.29 Å². The second-order valence-corrected chi connectivity index (χ2v) is 9.93. The molecule has 0 saturated heterocycles. The van der Waals surface area contributed by atoms with Crippen molar-refractivity contribution in [2.45, 2.75) is 18.6 Å². The summed E-state index contributed by atoms with van der Waals surface area (Å²) in [6.07, 6.45) is 1.91. The maximum Gasteiger partial charge on any atom is 0.243 e. The number of nitrogens with zero attached hydrogens (tertiary/aromatic N) is 6. The SMILES string of the molecule is CNc1cccc(-c2nnc(NS(=O)(=O)C(C)Cc3ncc(F)cn3)n2-c2c(OC)cccc2OC)n1. The Kier molecular flexibility index (Phi) is 7.47. The predicted octanol–water partition coefficient (Wildman–Crippen LogP) is 2.69. The molecule has 4 rings (SSSR count). The zero-order chi connectivity index (χ0) is 26.6. The van der Waals surface area contributed by atoms with Crippen LogP contribution >= 0.6 is 0 Å². The molecule has 37 heavy (non-hydrogen) atoms. The van der Waals surface area contributed by atoms with E-state index in [9.17, 15) is 12.8 Å². The van der Waals surface area contributed by atoms with Crippen LogP contribution in [0.1, 0.15) is 12.7 Å². The molecule has 0 aliphatic heterocycles. The van der Waals surface area contributed by atoms with E-state index in [1.54, 1.807) is 43.4 Å². The summed E-state index contributed by atoms with van der Waals surface area (Å²) >= 11 is 0. The lowest BCUT2D eigenvalue weighted by atomic mass is 10.2. The lowest BCUT2D eigenvalue weighted by Gasteiger charge is -2.19. The highest BCUT2D eigenvalue weighted by Crippen LogP contribution is 2.37. The lowest BCUT2D eigenvalue weighted by molar-refractivity contribution is 0.391. The van der Waals surface area contributed by atoms with Crippen LogP contribution in [-0.4, -0.2) is 64.7 Å². The van der Waals surface area contributed by atoms with Crippen molar-refractivity contribution in [3.05, 3.63) is 60.4 Å². The van der Waals surface area contributed by atoms with Gasteiger partial charge < -0.3 is 14.8 Å². The number of para-hydroxylation sites is 1. The van der Waals surface area contributed by atoms with E-state index in [0.717, 1.165) is 12.4 Å². The predicted molar refractivity (Wildman–Crippen MR) is 135 cm³/mol. The highest BCUT2D eigenvalue weighted by Gasteiger charge is 2.29. The van der Waals surface area contributed by atoms with Gasteiger partial charge in [0.05, 0.1) is 31.9 Å². The molecule has 12 nitrogen and oxygen atoms in total. The highest BCUT2D eigenvalue weighted by atomic mass is 32.2. The van der Waals surface area contributed by atoms with E-state index in [4.69, 9.17) is 9.47 Å². The van der Waals surface area contributed by atoms with E-state index < -0.39 is 21.1 Å². The molecule has 0 aliphatic rings. The molecule has 2 N–H and O–H groups in total. The Labute approximate surface area is 213 Å². The average Bonchev–Trinajstić information content (AvgIpc) is 3.31. The van der Waals surface area contributed by atoms with Crippen molar-refractivity contribution >= 4 is 21.8 Å². The number of aromatic nitrogens is 6. The zero-order valence-corrected chi connectivity index (χ0v) is 21.3. The molecule has 0 radical (unpaired) electrons. The largest absolute Gasteiger partial charge is 0.494 e. The van der Waals surface area contributed by atoms with Crippen LogP contribution in [0, 0.1) is 5.82 Å². The van der Waals surface area contributed by atoms with E-state index in [-0.39, 0.29) is 24.0 Å². The van der Waals surface area contributed by atoms with Gasteiger partial charge in [0.1, 0.15) is 34.5 Å². The normalized spacial score (nSPS) is 12.1. The minimum atomic E-state index is -4.03. The Hall–Kier alpha value is -4.33. The molecule has 0 fully saturated rings. The van der Waals surface area contributed by atoms with Crippen LogP contribution in [0.2, 0.25) is 0 Å². The molecule has 3 aromatic heterocycles. The number of halogens is 1. The van der Waals surface area contributed by atoms with Crippen LogP contribution in [0.4, 0.5) is 16.2 Å². The number of ether oxygens (including phenoxy) is 2. The van der Waals surface area contributed by atoms with Gasteiger partial charge in [-0.2, -0.15) is 0 Å². The Morgan fingerprint density at radius 3 is 2.30 bits per heavy atom. The quantitative estimate of drug-likeness (QED) is 0.315. The Bertz CT molecular complexity index is 1470. The number of anilines is 2. The van der Waals surface area contributed by atoms with Crippen LogP contribution < -0.4 is 19.5 Å². The number of rotatable bonds is 10. The molecule has 1 unspecified atom stereocenters. The molecule has 0 bridgehead atoms. The summed E-state index contributed by atoms with van der Waals surface area (Å²) < 4.78 is 54.9. The first-order valence-electron chi connectivity index (χ1n) is 11.1. The number of pyridine rings is 1. The smallest absolute Gasteiger partial charge is 0.243 e. The minimum absolute atomic E-state index is 0.0552. The van der Waals surface area contributed by atoms with Gasteiger partial charge in [-0.1, -0.05) is 12.1 Å². The topological polar surface area (TPSA) is 146 Å². The molecule has 14 heteroatoms.